The number of amides is 1. The molecule has 0 heterocycles. The molecule has 3 N–H and O–H groups in total. The Kier molecular flexibility index (Phi) is 4.12. The Morgan fingerprint density at radius 1 is 1.26 bits per heavy atom. The minimum absolute atomic E-state index is 0.215. The van der Waals surface area contributed by atoms with Crippen molar-refractivity contribution in [2.75, 3.05) is 11.1 Å². The number of anilines is 2. The molecule has 0 fully saturated rings. The van der Waals surface area contributed by atoms with Crippen molar-refractivity contribution in [1.82, 2.24) is 0 Å². The topological polar surface area (TPSA) is 55.1 Å². The van der Waals surface area contributed by atoms with E-state index in [1.165, 1.54) is 0 Å². The Morgan fingerprint density at radius 2 is 2.00 bits per heavy atom. The van der Waals surface area contributed by atoms with Crippen LogP contribution in [-0.4, -0.2) is 5.91 Å². The lowest BCUT2D eigenvalue weighted by atomic mass is 10.1. The molecule has 0 saturated carbocycles. The van der Waals surface area contributed by atoms with Gasteiger partial charge < -0.3 is 11.1 Å². The summed E-state index contributed by atoms with van der Waals surface area (Å²) in [7, 11) is 0. The molecule has 3 nitrogen and oxygen atoms in total. The molecule has 19 heavy (non-hydrogen) atoms. The molecular weight excluding hydrogens is 328 g/mol. The fourth-order valence-corrected chi connectivity index (χ4v) is 2.29. The largest absolute Gasteiger partial charge is 0.398 e. The van der Waals surface area contributed by atoms with Gasteiger partial charge in [0, 0.05) is 15.7 Å². The smallest absolute Gasteiger partial charge is 0.255 e. The zero-order valence-electron chi connectivity index (χ0n) is 10.2. The van der Waals surface area contributed by atoms with Gasteiger partial charge in [-0.25, -0.2) is 0 Å². The van der Waals surface area contributed by atoms with Crippen molar-refractivity contribution in [3.63, 3.8) is 0 Å². The van der Waals surface area contributed by atoms with Crippen LogP contribution in [0.15, 0.2) is 40.9 Å². The fraction of sp³-hybridized carbons (Fsp3) is 0.0714. The molecule has 0 unspecified atom stereocenters. The molecule has 0 bridgehead atoms. The standard InChI is InChI=1S/C14H12BrClN2O/c1-8-6-10(15)3-5-13(8)18-14(19)9-2-4-12(17)11(16)7-9/h2-7H,17H2,1H3,(H,18,19). The van der Waals surface area contributed by atoms with Gasteiger partial charge in [-0.05, 0) is 48.9 Å². The first kappa shape index (κ1) is 13.9. The van der Waals surface area contributed by atoms with Crippen LogP contribution in [0.25, 0.3) is 0 Å². The summed E-state index contributed by atoms with van der Waals surface area (Å²) < 4.78 is 0.971. The average Bonchev–Trinajstić information content (AvgIpc) is 2.36. The van der Waals surface area contributed by atoms with Gasteiger partial charge in [0.05, 0.1) is 10.7 Å². The third kappa shape index (κ3) is 3.28. The monoisotopic (exact) mass is 338 g/mol. The lowest BCUT2D eigenvalue weighted by molar-refractivity contribution is 0.102. The number of benzene rings is 2. The fourth-order valence-electron chi connectivity index (χ4n) is 1.63. The van der Waals surface area contributed by atoms with E-state index in [0.717, 1.165) is 15.7 Å². The van der Waals surface area contributed by atoms with Crippen LogP contribution >= 0.6 is 27.5 Å². The molecule has 2 aromatic rings. The van der Waals surface area contributed by atoms with E-state index in [2.05, 4.69) is 21.2 Å². The van der Waals surface area contributed by atoms with Gasteiger partial charge in [0.1, 0.15) is 0 Å². The van der Waals surface area contributed by atoms with Crippen LogP contribution in [0.2, 0.25) is 5.02 Å². The number of nitrogens with one attached hydrogen (secondary N) is 1. The van der Waals surface area contributed by atoms with Crippen molar-refractivity contribution in [2.24, 2.45) is 0 Å². The summed E-state index contributed by atoms with van der Waals surface area (Å²) in [6.07, 6.45) is 0. The summed E-state index contributed by atoms with van der Waals surface area (Å²) in [4.78, 5) is 12.1. The lowest BCUT2D eigenvalue weighted by Crippen LogP contribution is -2.12. The molecule has 0 saturated heterocycles. The van der Waals surface area contributed by atoms with Crippen molar-refractivity contribution in [2.45, 2.75) is 6.92 Å². The van der Waals surface area contributed by atoms with E-state index >= 15 is 0 Å². The molecule has 1 amide bonds. The Morgan fingerprint density at radius 3 is 2.63 bits per heavy atom. The van der Waals surface area contributed by atoms with Crippen LogP contribution in [0, 0.1) is 6.92 Å². The third-order valence-corrected chi connectivity index (χ3v) is 3.52. The van der Waals surface area contributed by atoms with Crippen LogP contribution in [0.4, 0.5) is 11.4 Å². The molecule has 0 spiro atoms. The lowest BCUT2D eigenvalue weighted by Gasteiger charge is -2.09. The van der Waals surface area contributed by atoms with Crippen LogP contribution in [0.1, 0.15) is 15.9 Å². The van der Waals surface area contributed by atoms with E-state index in [-0.39, 0.29) is 5.91 Å². The van der Waals surface area contributed by atoms with Gasteiger partial charge >= 0.3 is 0 Å². The molecule has 0 radical (unpaired) electrons. The maximum absolute atomic E-state index is 12.1. The molecular formula is C14H12BrClN2O. The highest BCUT2D eigenvalue weighted by molar-refractivity contribution is 9.10. The van der Waals surface area contributed by atoms with Crippen molar-refractivity contribution in [1.29, 1.82) is 0 Å². The minimum atomic E-state index is -0.215. The maximum Gasteiger partial charge on any atom is 0.255 e. The Hall–Kier alpha value is -1.52. The van der Waals surface area contributed by atoms with Crippen LogP contribution in [0.3, 0.4) is 0 Å². The second kappa shape index (κ2) is 5.63. The third-order valence-electron chi connectivity index (χ3n) is 2.70. The van der Waals surface area contributed by atoms with Crippen LogP contribution < -0.4 is 11.1 Å². The number of hydrogen-bond acceptors (Lipinski definition) is 2. The Labute approximate surface area is 124 Å². The molecule has 0 aliphatic rings. The van der Waals surface area contributed by atoms with Crippen molar-refractivity contribution < 1.29 is 4.79 Å². The number of rotatable bonds is 2. The van der Waals surface area contributed by atoms with E-state index in [4.69, 9.17) is 17.3 Å². The number of hydrogen-bond donors (Lipinski definition) is 2. The zero-order chi connectivity index (χ0) is 14.0. The second-order valence-corrected chi connectivity index (χ2v) is 5.47. The molecule has 98 valence electrons. The normalized spacial score (nSPS) is 10.3. The van der Waals surface area contributed by atoms with E-state index < -0.39 is 0 Å². The molecule has 0 aliphatic heterocycles. The number of carbonyl (C=O) groups is 1. The minimum Gasteiger partial charge on any atom is -0.398 e. The quantitative estimate of drug-likeness (QED) is 0.804. The van der Waals surface area contributed by atoms with E-state index in [0.29, 0.717) is 16.3 Å². The highest BCUT2D eigenvalue weighted by Gasteiger charge is 2.09. The van der Waals surface area contributed by atoms with Crippen molar-refractivity contribution in [3.8, 4) is 0 Å². The SMILES string of the molecule is Cc1cc(Br)ccc1NC(=O)c1ccc(N)c(Cl)c1. The molecule has 0 aromatic heterocycles. The van der Waals surface area contributed by atoms with Gasteiger partial charge in [-0.2, -0.15) is 0 Å². The highest BCUT2D eigenvalue weighted by atomic mass is 79.9. The van der Waals surface area contributed by atoms with E-state index in [9.17, 15) is 4.79 Å². The van der Waals surface area contributed by atoms with Crippen LogP contribution in [-0.2, 0) is 0 Å². The van der Waals surface area contributed by atoms with Gasteiger partial charge in [-0.3, -0.25) is 4.79 Å². The second-order valence-electron chi connectivity index (χ2n) is 4.15. The van der Waals surface area contributed by atoms with Gasteiger partial charge in [0.25, 0.3) is 5.91 Å². The van der Waals surface area contributed by atoms with Gasteiger partial charge in [-0.15, -0.1) is 0 Å². The average molecular weight is 340 g/mol. The van der Waals surface area contributed by atoms with Gasteiger partial charge in [0.15, 0.2) is 0 Å². The summed E-state index contributed by atoms with van der Waals surface area (Å²) in [5.74, 6) is -0.215. The highest BCUT2D eigenvalue weighted by Crippen LogP contribution is 2.23. The maximum atomic E-state index is 12.1. The van der Waals surface area contributed by atoms with Crippen molar-refractivity contribution in [3.05, 3.63) is 57.0 Å². The van der Waals surface area contributed by atoms with Gasteiger partial charge in [-0.1, -0.05) is 27.5 Å². The molecule has 5 heteroatoms. The molecule has 0 aliphatic carbocycles. The summed E-state index contributed by atoms with van der Waals surface area (Å²) in [6, 6.07) is 10.5. The predicted octanol–water partition coefficient (Wildman–Crippen LogP) is 4.25. The first-order valence-electron chi connectivity index (χ1n) is 5.60. The Bertz CT molecular complexity index is 643. The first-order valence-corrected chi connectivity index (χ1v) is 6.77. The molecule has 2 rings (SSSR count). The number of carbonyl (C=O) groups excluding carboxylic acids is 1. The van der Waals surface area contributed by atoms with E-state index in [1.54, 1.807) is 18.2 Å². The van der Waals surface area contributed by atoms with Crippen molar-refractivity contribution >= 4 is 44.8 Å². The Balaban J connectivity index is 2.23. The van der Waals surface area contributed by atoms with Gasteiger partial charge in [0.2, 0.25) is 0 Å². The molecule has 0 atom stereocenters. The van der Waals surface area contributed by atoms with E-state index in [1.807, 2.05) is 25.1 Å². The first-order chi connectivity index (χ1) is 8.97. The number of nitrogen functional groups attached to an aromatic ring is 1. The summed E-state index contributed by atoms with van der Waals surface area (Å²) in [6.45, 7) is 1.93. The summed E-state index contributed by atoms with van der Waals surface area (Å²) >= 11 is 9.28. The molecule has 2 aromatic carbocycles. The number of halogens is 2. The number of nitrogens with two attached hydrogens (primary N) is 1. The summed E-state index contributed by atoms with van der Waals surface area (Å²) in [5.41, 5.74) is 8.28. The predicted molar refractivity (Wildman–Crippen MR) is 82.7 cm³/mol. The zero-order valence-corrected chi connectivity index (χ0v) is 12.5. The summed E-state index contributed by atoms with van der Waals surface area (Å²) in [5, 5.41) is 3.22. The number of aryl methyl sites for hydroxylation is 1. The van der Waals surface area contributed by atoms with Crippen LogP contribution in [0.5, 0.6) is 0 Å².